The van der Waals surface area contributed by atoms with E-state index in [-0.39, 0.29) is 17.8 Å². The third kappa shape index (κ3) is 1.10. The van der Waals surface area contributed by atoms with Crippen molar-refractivity contribution in [2.24, 2.45) is 5.92 Å². The Hall–Kier alpha value is -2.09. The zero-order chi connectivity index (χ0) is 12.3. The molecule has 1 fully saturated rings. The fraction of sp³-hybridized carbons (Fsp3) is 0.188. The van der Waals surface area contributed by atoms with Gasteiger partial charge in [-0.25, -0.2) is 0 Å². The zero-order valence-electron chi connectivity index (χ0n) is 9.67. The number of carboxylic acids is 1. The van der Waals surface area contributed by atoms with Crippen LogP contribution in [0.4, 0.5) is 0 Å². The summed E-state index contributed by atoms with van der Waals surface area (Å²) >= 11 is 0. The molecule has 0 saturated heterocycles. The van der Waals surface area contributed by atoms with Gasteiger partial charge in [0, 0.05) is 23.7 Å². The molecule has 0 amide bonds. The molecule has 18 heavy (non-hydrogen) atoms. The summed E-state index contributed by atoms with van der Waals surface area (Å²) in [5, 5.41) is 11.2. The molecule has 0 bridgehead atoms. The average Bonchev–Trinajstić information content (AvgIpc) is 3.15. The molecule has 2 aliphatic carbocycles. The van der Waals surface area contributed by atoms with Gasteiger partial charge >= 0.3 is 0 Å². The highest BCUT2D eigenvalue weighted by atomic mass is 16.4. The molecule has 2 aliphatic rings. The van der Waals surface area contributed by atoms with Crippen LogP contribution in [-0.2, 0) is 4.79 Å². The van der Waals surface area contributed by atoms with Gasteiger partial charge < -0.3 is 9.90 Å². The molecule has 0 spiro atoms. The van der Waals surface area contributed by atoms with Gasteiger partial charge in [-0.2, -0.15) is 0 Å². The van der Waals surface area contributed by atoms with Crippen LogP contribution in [0, 0.1) is 5.92 Å². The van der Waals surface area contributed by atoms with E-state index in [1.807, 2.05) is 36.4 Å². The second-order valence-corrected chi connectivity index (χ2v) is 5.07. The molecule has 2 nitrogen and oxygen atoms in total. The Bertz CT molecular complexity index is 608. The molecule has 0 aromatic heterocycles. The Labute approximate surface area is 105 Å². The summed E-state index contributed by atoms with van der Waals surface area (Å²) in [5.41, 5.74) is 4.68. The van der Waals surface area contributed by atoms with Crippen LogP contribution in [0.3, 0.4) is 0 Å². The molecule has 2 aromatic carbocycles. The SMILES string of the molecule is O=C([O-])C1C2c3ccccc3-c3ccccc3C12. The minimum absolute atomic E-state index is 0.112. The van der Waals surface area contributed by atoms with E-state index >= 15 is 0 Å². The minimum Gasteiger partial charge on any atom is -0.550 e. The van der Waals surface area contributed by atoms with Gasteiger partial charge in [-0.15, -0.1) is 0 Å². The second-order valence-electron chi connectivity index (χ2n) is 5.07. The normalized spacial score (nSPS) is 26.8. The van der Waals surface area contributed by atoms with E-state index in [0.717, 1.165) is 11.1 Å². The Kier molecular flexibility index (Phi) is 1.77. The molecular formula is C16H11O2-. The molecule has 2 atom stereocenters. The van der Waals surface area contributed by atoms with Crippen molar-refractivity contribution in [1.82, 2.24) is 0 Å². The summed E-state index contributed by atoms with van der Waals surface area (Å²) in [7, 11) is 0. The quantitative estimate of drug-likeness (QED) is 0.757. The number of fused-ring (bicyclic) bond motifs is 6. The first-order valence-electron chi connectivity index (χ1n) is 6.18. The number of aliphatic carboxylic acids is 1. The Balaban J connectivity index is 2.00. The lowest BCUT2D eigenvalue weighted by Crippen LogP contribution is -2.25. The van der Waals surface area contributed by atoms with E-state index in [1.54, 1.807) is 0 Å². The van der Waals surface area contributed by atoms with Crippen LogP contribution in [0.5, 0.6) is 0 Å². The lowest BCUT2D eigenvalue weighted by Gasteiger charge is -2.18. The highest BCUT2D eigenvalue weighted by Crippen LogP contribution is 2.66. The van der Waals surface area contributed by atoms with Crippen molar-refractivity contribution in [2.45, 2.75) is 11.8 Å². The summed E-state index contributed by atoms with van der Waals surface area (Å²) in [6, 6.07) is 16.2. The Morgan fingerprint density at radius 2 is 1.28 bits per heavy atom. The maximum atomic E-state index is 11.2. The Morgan fingerprint density at radius 3 is 1.72 bits per heavy atom. The van der Waals surface area contributed by atoms with Crippen LogP contribution in [0.1, 0.15) is 23.0 Å². The number of hydrogen-bond acceptors (Lipinski definition) is 2. The van der Waals surface area contributed by atoms with Crippen LogP contribution < -0.4 is 5.11 Å². The monoisotopic (exact) mass is 235 g/mol. The number of carbonyl (C=O) groups is 1. The van der Waals surface area contributed by atoms with Crippen molar-refractivity contribution < 1.29 is 9.90 Å². The van der Waals surface area contributed by atoms with Crippen molar-refractivity contribution in [3.05, 3.63) is 59.7 Å². The smallest absolute Gasteiger partial charge is 0.0458 e. The highest BCUT2D eigenvalue weighted by Gasteiger charge is 2.56. The van der Waals surface area contributed by atoms with Crippen LogP contribution >= 0.6 is 0 Å². The van der Waals surface area contributed by atoms with E-state index in [1.165, 1.54) is 11.1 Å². The number of benzene rings is 2. The molecule has 0 radical (unpaired) electrons. The summed E-state index contributed by atoms with van der Waals surface area (Å²) in [6.07, 6.45) is 0. The minimum atomic E-state index is -0.920. The molecule has 2 unspecified atom stereocenters. The van der Waals surface area contributed by atoms with Crippen LogP contribution in [-0.4, -0.2) is 5.97 Å². The van der Waals surface area contributed by atoms with Gasteiger partial charge in [0.25, 0.3) is 0 Å². The topological polar surface area (TPSA) is 40.1 Å². The molecule has 4 rings (SSSR count). The fourth-order valence-corrected chi connectivity index (χ4v) is 3.44. The fourth-order valence-electron chi connectivity index (χ4n) is 3.44. The lowest BCUT2D eigenvalue weighted by molar-refractivity contribution is -0.308. The van der Waals surface area contributed by atoms with E-state index in [0.29, 0.717) is 0 Å². The zero-order valence-corrected chi connectivity index (χ0v) is 9.67. The van der Waals surface area contributed by atoms with Gasteiger partial charge in [-0.3, -0.25) is 0 Å². The summed E-state index contributed by atoms with van der Waals surface area (Å²) in [5.74, 6) is -1.05. The van der Waals surface area contributed by atoms with Crippen molar-refractivity contribution in [3.8, 4) is 11.1 Å². The lowest BCUT2D eigenvalue weighted by atomic mass is 9.86. The third-order valence-corrected chi connectivity index (χ3v) is 4.22. The van der Waals surface area contributed by atoms with E-state index in [2.05, 4.69) is 12.1 Å². The van der Waals surface area contributed by atoms with Crippen LogP contribution in [0.2, 0.25) is 0 Å². The van der Waals surface area contributed by atoms with Crippen LogP contribution in [0.25, 0.3) is 11.1 Å². The van der Waals surface area contributed by atoms with Gasteiger partial charge in [0.15, 0.2) is 0 Å². The summed E-state index contributed by atoms with van der Waals surface area (Å²) < 4.78 is 0. The first-order chi connectivity index (χ1) is 8.79. The van der Waals surface area contributed by atoms with E-state index in [9.17, 15) is 9.90 Å². The second kappa shape index (κ2) is 3.22. The number of carboxylic acid groups (broad SMARTS) is 1. The van der Waals surface area contributed by atoms with E-state index in [4.69, 9.17) is 0 Å². The van der Waals surface area contributed by atoms with Gasteiger partial charge in [0.1, 0.15) is 0 Å². The molecule has 0 N–H and O–H groups in total. The summed E-state index contributed by atoms with van der Waals surface area (Å²) in [6.45, 7) is 0. The first kappa shape index (κ1) is 9.89. The van der Waals surface area contributed by atoms with Crippen molar-refractivity contribution in [1.29, 1.82) is 0 Å². The predicted molar refractivity (Wildman–Crippen MR) is 65.9 cm³/mol. The third-order valence-electron chi connectivity index (χ3n) is 4.22. The van der Waals surface area contributed by atoms with Gasteiger partial charge in [-0.05, 0) is 22.3 Å². The maximum Gasteiger partial charge on any atom is 0.0458 e. The van der Waals surface area contributed by atoms with Crippen molar-refractivity contribution >= 4 is 5.97 Å². The maximum absolute atomic E-state index is 11.2. The average molecular weight is 235 g/mol. The first-order valence-corrected chi connectivity index (χ1v) is 6.18. The molecule has 2 aromatic rings. The largest absolute Gasteiger partial charge is 0.550 e. The Morgan fingerprint density at radius 1 is 0.833 bits per heavy atom. The van der Waals surface area contributed by atoms with Gasteiger partial charge in [0.2, 0.25) is 0 Å². The number of rotatable bonds is 1. The molecule has 2 heteroatoms. The van der Waals surface area contributed by atoms with E-state index < -0.39 is 5.97 Å². The van der Waals surface area contributed by atoms with Crippen LogP contribution in [0.15, 0.2) is 48.5 Å². The molecule has 1 saturated carbocycles. The highest BCUT2D eigenvalue weighted by molar-refractivity contribution is 5.85. The molecule has 0 aliphatic heterocycles. The number of hydrogen-bond donors (Lipinski definition) is 0. The molecule has 88 valence electrons. The summed E-state index contributed by atoms with van der Waals surface area (Å²) in [4.78, 5) is 11.2. The number of carbonyl (C=O) groups excluding carboxylic acids is 1. The predicted octanol–water partition coefficient (Wildman–Crippen LogP) is 1.91. The molecular weight excluding hydrogens is 224 g/mol. The van der Waals surface area contributed by atoms with Gasteiger partial charge in [-0.1, -0.05) is 48.5 Å². The van der Waals surface area contributed by atoms with Crippen molar-refractivity contribution in [2.75, 3.05) is 0 Å². The van der Waals surface area contributed by atoms with Crippen molar-refractivity contribution in [3.63, 3.8) is 0 Å². The standard InChI is InChI=1S/C16H12O2/c17-16(18)15-13-11-7-3-1-5-9(11)10-6-2-4-8-12(10)14(13)15/h1-8,13-15H,(H,17,18)/p-1. The van der Waals surface area contributed by atoms with Gasteiger partial charge in [0.05, 0.1) is 0 Å². The molecule has 0 heterocycles.